The molecule has 0 heterocycles. The van der Waals surface area contributed by atoms with Crippen LogP contribution in [0, 0.1) is 12.3 Å². The van der Waals surface area contributed by atoms with Gasteiger partial charge in [-0.3, -0.25) is 0 Å². The molecule has 1 nitrogen and oxygen atoms in total. The van der Waals surface area contributed by atoms with Gasteiger partial charge in [0.2, 0.25) is 0 Å². The molecule has 72 valence electrons. The molecule has 1 aromatic carbocycles. The molecule has 0 spiro atoms. The first kappa shape index (κ1) is 10.3. The molecular formula is C12H19N. The fraction of sp³-hybridized carbons (Fsp3) is 0.500. The number of benzene rings is 1. The van der Waals surface area contributed by atoms with Crippen molar-refractivity contribution in [1.82, 2.24) is 0 Å². The van der Waals surface area contributed by atoms with E-state index in [1.807, 2.05) is 12.1 Å². The van der Waals surface area contributed by atoms with E-state index in [2.05, 4.69) is 39.8 Å². The summed E-state index contributed by atoms with van der Waals surface area (Å²) in [6, 6.07) is 8.45. The molecule has 0 saturated carbocycles. The molecule has 0 amide bonds. The standard InChI is InChI=1S/C12H19N/c1-9-7-5-6-8-10(9)11(13)12(2,3)4/h5-8,11H,13H2,1-4H3/t11-/m0/s1. The number of aryl methyl sites for hydroxylation is 1. The molecule has 0 saturated heterocycles. The lowest BCUT2D eigenvalue weighted by Crippen LogP contribution is -2.26. The molecule has 0 aliphatic rings. The van der Waals surface area contributed by atoms with Crippen molar-refractivity contribution in [3.05, 3.63) is 35.4 Å². The van der Waals surface area contributed by atoms with Crippen LogP contribution in [0.25, 0.3) is 0 Å². The van der Waals surface area contributed by atoms with Gasteiger partial charge in [0.25, 0.3) is 0 Å². The molecule has 0 aromatic heterocycles. The monoisotopic (exact) mass is 177 g/mol. The maximum atomic E-state index is 6.17. The molecule has 13 heavy (non-hydrogen) atoms. The Morgan fingerprint density at radius 2 is 1.69 bits per heavy atom. The number of hydrogen-bond acceptors (Lipinski definition) is 1. The lowest BCUT2D eigenvalue weighted by Gasteiger charge is -2.28. The third-order valence-electron chi connectivity index (χ3n) is 2.46. The zero-order chi connectivity index (χ0) is 10.1. The van der Waals surface area contributed by atoms with Crippen LogP contribution in [-0.2, 0) is 0 Å². The Morgan fingerprint density at radius 3 is 2.15 bits per heavy atom. The largest absolute Gasteiger partial charge is 0.324 e. The van der Waals surface area contributed by atoms with Crippen molar-refractivity contribution in [2.75, 3.05) is 0 Å². The van der Waals surface area contributed by atoms with E-state index in [-0.39, 0.29) is 11.5 Å². The Labute approximate surface area is 81.0 Å². The number of rotatable bonds is 1. The summed E-state index contributed by atoms with van der Waals surface area (Å²) in [6.45, 7) is 8.62. The molecule has 2 N–H and O–H groups in total. The summed E-state index contributed by atoms with van der Waals surface area (Å²) in [5.41, 5.74) is 8.85. The predicted molar refractivity (Wildman–Crippen MR) is 57.6 cm³/mol. The van der Waals surface area contributed by atoms with Gasteiger partial charge in [0.05, 0.1) is 0 Å². The van der Waals surface area contributed by atoms with Crippen LogP contribution in [0.3, 0.4) is 0 Å². The maximum Gasteiger partial charge on any atom is 0.0346 e. The Morgan fingerprint density at radius 1 is 1.15 bits per heavy atom. The van der Waals surface area contributed by atoms with E-state index >= 15 is 0 Å². The van der Waals surface area contributed by atoms with Crippen LogP contribution in [-0.4, -0.2) is 0 Å². The molecule has 1 heteroatoms. The van der Waals surface area contributed by atoms with Crippen molar-refractivity contribution < 1.29 is 0 Å². The molecule has 1 aromatic rings. The van der Waals surface area contributed by atoms with E-state index < -0.39 is 0 Å². The smallest absolute Gasteiger partial charge is 0.0346 e. The van der Waals surface area contributed by atoms with E-state index in [4.69, 9.17) is 5.73 Å². The van der Waals surface area contributed by atoms with Crippen molar-refractivity contribution >= 4 is 0 Å². The molecule has 0 unspecified atom stereocenters. The van der Waals surface area contributed by atoms with Crippen molar-refractivity contribution in [2.45, 2.75) is 33.7 Å². The third kappa shape index (κ3) is 2.31. The third-order valence-corrected chi connectivity index (χ3v) is 2.46. The average molecular weight is 177 g/mol. The molecule has 0 aliphatic carbocycles. The molecule has 1 rings (SSSR count). The van der Waals surface area contributed by atoms with E-state index in [0.29, 0.717) is 0 Å². The Balaban J connectivity index is 3.02. The second-order valence-electron chi connectivity index (χ2n) is 4.70. The molecular weight excluding hydrogens is 158 g/mol. The first-order chi connectivity index (χ1) is 5.93. The quantitative estimate of drug-likeness (QED) is 0.701. The number of hydrogen-bond donors (Lipinski definition) is 1. The SMILES string of the molecule is Cc1ccccc1[C@H](N)C(C)(C)C. The number of nitrogens with two attached hydrogens (primary N) is 1. The van der Waals surface area contributed by atoms with Crippen LogP contribution in [0.1, 0.15) is 37.9 Å². The minimum Gasteiger partial charge on any atom is -0.324 e. The summed E-state index contributed by atoms with van der Waals surface area (Å²) in [4.78, 5) is 0. The highest BCUT2D eigenvalue weighted by Gasteiger charge is 2.22. The fourth-order valence-corrected chi connectivity index (χ4v) is 1.40. The van der Waals surface area contributed by atoms with Crippen LogP contribution < -0.4 is 5.73 Å². The van der Waals surface area contributed by atoms with Crippen LogP contribution in [0.5, 0.6) is 0 Å². The lowest BCUT2D eigenvalue weighted by molar-refractivity contribution is 0.326. The predicted octanol–water partition coefficient (Wildman–Crippen LogP) is 3.04. The summed E-state index contributed by atoms with van der Waals surface area (Å²) in [5, 5.41) is 0. The second-order valence-corrected chi connectivity index (χ2v) is 4.70. The van der Waals surface area contributed by atoms with Gasteiger partial charge in [-0.05, 0) is 23.5 Å². The van der Waals surface area contributed by atoms with Gasteiger partial charge in [0, 0.05) is 6.04 Å². The van der Waals surface area contributed by atoms with Crippen molar-refractivity contribution in [3.8, 4) is 0 Å². The first-order valence-corrected chi connectivity index (χ1v) is 4.74. The summed E-state index contributed by atoms with van der Waals surface area (Å²) in [7, 11) is 0. The van der Waals surface area contributed by atoms with Crippen LogP contribution >= 0.6 is 0 Å². The minimum absolute atomic E-state index is 0.119. The average Bonchev–Trinajstić information content (AvgIpc) is 2.02. The molecule has 0 aliphatic heterocycles. The second kappa shape index (κ2) is 3.51. The Hall–Kier alpha value is -0.820. The van der Waals surface area contributed by atoms with Crippen molar-refractivity contribution in [1.29, 1.82) is 0 Å². The van der Waals surface area contributed by atoms with Gasteiger partial charge in [0.15, 0.2) is 0 Å². The highest BCUT2D eigenvalue weighted by atomic mass is 14.7. The molecule has 0 bridgehead atoms. The Kier molecular flexibility index (Phi) is 2.77. The van der Waals surface area contributed by atoms with Gasteiger partial charge < -0.3 is 5.73 Å². The van der Waals surface area contributed by atoms with Crippen LogP contribution in [0.4, 0.5) is 0 Å². The van der Waals surface area contributed by atoms with Gasteiger partial charge in [-0.15, -0.1) is 0 Å². The van der Waals surface area contributed by atoms with Gasteiger partial charge in [-0.25, -0.2) is 0 Å². The molecule has 0 fully saturated rings. The topological polar surface area (TPSA) is 26.0 Å². The fourth-order valence-electron chi connectivity index (χ4n) is 1.40. The van der Waals surface area contributed by atoms with E-state index in [0.717, 1.165) is 0 Å². The van der Waals surface area contributed by atoms with Gasteiger partial charge in [-0.2, -0.15) is 0 Å². The van der Waals surface area contributed by atoms with E-state index in [9.17, 15) is 0 Å². The van der Waals surface area contributed by atoms with Crippen LogP contribution in [0.15, 0.2) is 24.3 Å². The zero-order valence-corrected chi connectivity index (χ0v) is 8.96. The molecule has 0 radical (unpaired) electrons. The summed E-state index contributed by atoms with van der Waals surface area (Å²) in [5.74, 6) is 0. The van der Waals surface area contributed by atoms with Crippen molar-refractivity contribution in [3.63, 3.8) is 0 Å². The highest BCUT2D eigenvalue weighted by molar-refractivity contribution is 5.29. The lowest BCUT2D eigenvalue weighted by atomic mass is 9.81. The minimum atomic E-state index is 0.119. The molecule has 1 atom stereocenters. The highest BCUT2D eigenvalue weighted by Crippen LogP contribution is 2.31. The Bertz CT molecular complexity index is 283. The summed E-state index contributed by atoms with van der Waals surface area (Å²) < 4.78 is 0. The summed E-state index contributed by atoms with van der Waals surface area (Å²) in [6.07, 6.45) is 0. The van der Waals surface area contributed by atoms with Crippen molar-refractivity contribution in [2.24, 2.45) is 11.1 Å². The first-order valence-electron chi connectivity index (χ1n) is 4.74. The van der Waals surface area contributed by atoms with Gasteiger partial charge >= 0.3 is 0 Å². The van der Waals surface area contributed by atoms with E-state index in [1.165, 1.54) is 11.1 Å². The maximum absolute atomic E-state index is 6.17. The van der Waals surface area contributed by atoms with Crippen LogP contribution in [0.2, 0.25) is 0 Å². The van der Waals surface area contributed by atoms with E-state index in [1.54, 1.807) is 0 Å². The summed E-state index contributed by atoms with van der Waals surface area (Å²) >= 11 is 0. The zero-order valence-electron chi connectivity index (χ0n) is 8.96. The van der Waals surface area contributed by atoms with Gasteiger partial charge in [-0.1, -0.05) is 45.0 Å². The van der Waals surface area contributed by atoms with Gasteiger partial charge in [0.1, 0.15) is 0 Å². The normalized spacial score (nSPS) is 14.2.